The molecule has 0 spiro atoms. The first-order valence-electron chi connectivity index (χ1n) is 7.18. The number of fused-ring (bicyclic) bond motifs is 1. The van der Waals surface area contributed by atoms with Crippen LogP contribution in [0.3, 0.4) is 0 Å². The van der Waals surface area contributed by atoms with E-state index in [1.165, 1.54) is 5.56 Å². The summed E-state index contributed by atoms with van der Waals surface area (Å²) in [7, 11) is 0. The van der Waals surface area contributed by atoms with Gasteiger partial charge in [0.25, 0.3) is 0 Å². The van der Waals surface area contributed by atoms with Crippen LogP contribution in [0.5, 0.6) is 0 Å². The molecule has 0 aliphatic carbocycles. The van der Waals surface area contributed by atoms with Crippen molar-refractivity contribution in [1.29, 1.82) is 0 Å². The molecule has 21 heavy (non-hydrogen) atoms. The van der Waals surface area contributed by atoms with Gasteiger partial charge in [-0.15, -0.1) is 0 Å². The third kappa shape index (κ3) is 2.77. The fraction of sp³-hybridized carbons (Fsp3) is 0.375. The molecule has 0 radical (unpaired) electrons. The zero-order valence-corrected chi connectivity index (χ0v) is 12.0. The Morgan fingerprint density at radius 3 is 3.00 bits per heavy atom. The first-order valence-corrected chi connectivity index (χ1v) is 7.18. The summed E-state index contributed by atoms with van der Waals surface area (Å²) in [6.07, 6.45) is 6.57. The van der Waals surface area contributed by atoms with E-state index in [4.69, 9.17) is 5.11 Å². The number of aliphatic carboxylic acids is 1. The minimum absolute atomic E-state index is 0.0625. The van der Waals surface area contributed by atoms with Crippen LogP contribution in [0, 0.1) is 0 Å². The second kappa shape index (κ2) is 5.60. The van der Waals surface area contributed by atoms with Crippen molar-refractivity contribution < 1.29 is 9.90 Å². The van der Waals surface area contributed by atoms with Crippen molar-refractivity contribution in [2.24, 2.45) is 0 Å². The summed E-state index contributed by atoms with van der Waals surface area (Å²) in [6.45, 7) is 3.00. The number of carboxylic acids is 1. The molecule has 0 saturated heterocycles. The second-order valence-corrected chi connectivity index (χ2v) is 5.62. The standard InChI is InChI=1S/C16H19N3O2/c1-12(18-7-6-17-11-18)8-13-9-19(10-16(20)21)15-5-3-2-4-14(13)15/h2-7,11-13H,8-10H2,1H3,(H,20,21). The van der Waals surface area contributed by atoms with Crippen LogP contribution < -0.4 is 4.90 Å². The third-order valence-electron chi connectivity index (χ3n) is 4.14. The lowest BCUT2D eigenvalue weighted by Gasteiger charge is -2.20. The Hall–Kier alpha value is -2.30. The number of anilines is 1. The van der Waals surface area contributed by atoms with Crippen LogP contribution in [-0.2, 0) is 4.79 Å². The van der Waals surface area contributed by atoms with Gasteiger partial charge in [0.15, 0.2) is 0 Å². The number of imidazole rings is 1. The van der Waals surface area contributed by atoms with Crippen molar-refractivity contribution in [3.05, 3.63) is 48.5 Å². The van der Waals surface area contributed by atoms with E-state index in [2.05, 4.69) is 22.5 Å². The van der Waals surface area contributed by atoms with Crippen LogP contribution in [0.1, 0.15) is 30.9 Å². The van der Waals surface area contributed by atoms with E-state index in [1.54, 1.807) is 6.20 Å². The van der Waals surface area contributed by atoms with Gasteiger partial charge in [0, 0.05) is 36.6 Å². The average Bonchev–Trinajstić information content (AvgIpc) is 3.08. The molecule has 2 aromatic rings. The lowest BCUT2D eigenvalue weighted by atomic mass is 9.94. The molecule has 2 unspecified atom stereocenters. The highest BCUT2D eigenvalue weighted by Crippen LogP contribution is 2.39. The van der Waals surface area contributed by atoms with Crippen LogP contribution in [-0.4, -0.2) is 33.7 Å². The molecule has 0 fully saturated rings. The van der Waals surface area contributed by atoms with Crippen LogP contribution >= 0.6 is 0 Å². The Kier molecular flexibility index (Phi) is 3.64. The normalized spacial score (nSPS) is 18.5. The molecule has 1 aliphatic rings. The van der Waals surface area contributed by atoms with E-state index in [0.29, 0.717) is 12.0 Å². The molecule has 1 aromatic carbocycles. The molecular formula is C16H19N3O2. The first kappa shape index (κ1) is 13.7. The number of nitrogens with zero attached hydrogens (tertiary/aromatic N) is 3. The summed E-state index contributed by atoms with van der Waals surface area (Å²) in [5, 5.41) is 9.06. The van der Waals surface area contributed by atoms with E-state index in [9.17, 15) is 4.79 Å². The molecule has 5 heteroatoms. The molecule has 2 atom stereocenters. The topological polar surface area (TPSA) is 58.4 Å². The van der Waals surface area contributed by atoms with Gasteiger partial charge in [-0.3, -0.25) is 4.79 Å². The summed E-state index contributed by atoms with van der Waals surface area (Å²) in [5.74, 6) is -0.425. The minimum atomic E-state index is -0.784. The molecule has 0 saturated carbocycles. The monoisotopic (exact) mass is 285 g/mol. The van der Waals surface area contributed by atoms with Gasteiger partial charge in [-0.25, -0.2) is 4.98 Å². The zero-order valence-electron chi connectivity index (χ0n) is 12.0. The predicted octanol–water partition coefficient (Wildman–Crippen LogP) is 2.52. The molecule has 1 aliphatic heterocycles. The highest BCUT2D eigenvalue weighted by Gasteiger charge is 2.30. The molecule has 2 heterocycles. The van der Waals surface area contributed by atoms with Crippen molar-refractivity contribution in [1.82, 2.24) is 9.55 Å². The van der Waals surface area contributed by atoms with Gasteiger partial charge in [-0.05, 0) is 25.0 Å². The second-order valence-electron chi connectivity index (χ2n) is 5.62. The molecule has 1 aromatic heterocycles. The summed E-state index contributed by atoms with van der Waals surface area (Å²) in [6, 6.07) is 8.46. The van der Waals surface area contributed by atoms with Gasteiger partial charge < -0.3 is 14.6 Å². The molecule has 0 amide bonds. The molecule has 5 nitrogen and oxygen atoms in total. The molecule has 3 rings (SSSR count). The van der Waals surface area contributed by atoms with Crippen molar-refractivity contribution in [2.75, 3.05) is 18.0 Å². The highest BCUT2D eigenvalue weighted by molar-refractivity contribution is 5.76. The Morgan fingerprint density at radius 1 is 1.48 bits per heavy atom. The molecule has 110 valence electrons. The van der Waals surface area contributed by atoms with Gasteiger partial charge >= 0.3 is 5.97 Å². The van der Waals surface area contributed by atoms with E-state index >= 15 is 0 Å². The predicted molar refractivity (Wildman–Crippen MR) is 80.6 cm³/mol. The minimum Gasteiger partial charge on any atom is -0.480 e. The van der Waals surface area contributed by atoms with Gasteiger partial charge in [0.05, 0.1) is 6.33 Å². The average molecular weight is 285 g/mol. The van der Waals surface area contributed by atoms with E-state index in [1.807, 2.05) is 35.6 Å². The van der Waals surface area contributed by atoms with Crippen molar-refractivity contribution in [3.8, 4) is 0 Å². The van der Waals surface area contributed by atoms with E-state index in [0.717, 1.165) is 18.7 Å². The Bertz CT molecular complexity index is 624. The summed E-state index contributed by atoms with van der Waals surface area (Å²) in [4.78, 5) is 17.1. The Balaban J connectivity index is 1.79. The first-order chi connectivity index (χ1) is 10.1. The molecular weight excluding hydrogens is 266 g/mol. The van der Waals surface area contributed by atoms with Crippen LogP contribution in [0.2, 0.25) is 0 Å². The molecule has 0 bridgehead atoms. The maximum atomic E-state index is 11.0. The lowest BCUT2D eigenvalue weighted by Crippen LogP contribution is -2.28. The van der Waals surface area contributed by atoms with Gasteiger partial charge in [0.2, 0.25) is 0 Å². The Labute approximate surface area is 123 Å². The number of rotatable bonds is 5. The van der Waals surface area contributed by atoms with Crippen LogP contribution in [0.4, 0.5) is 5.69 Å². The number of carboxylic acid groups (broad SMARTS) is 1. The molecule has 1 N–H and O–H groups in total. The largest absolute Gasteiger partial charge is 0.480 e. The van der Waals surface area contributed by atoms with Gasteiger partial charge in [-0.1, -0.05) is 18.2 Å². The number of para-hydroxylation sites is 1. The van der Waals surface area contributed by atoms with Crippen molar-refractivity contribution in [2.45, 2.75) is 25.3 Å². The zero-order chi connectivity index (χ0) is 14.8. The quantitative estimate of drug-likeness (QED) is 0.917. The van der Waals surface area contributed by atoms with Gasteiger partial charge in [-0.2, -0.15) is 0 Å². The smallest absolute Gasteiger partial charge is 0.323 e. The van der Waals surface area contributed by atoms with Crippen molar-refractivity contribution in [3.63, 3.8) is 0 Å². The maximum Gasteiger partial charge on any atom is 0.323 e. The number of benzene rings is 1. The SMILES string of the molecule is CC(CC1CN(CC(=O)O)c2ccccc21)n1ccnc1. The number of aromatic nitrogens is 2. The van der Waals surface area contributed by atoms with E-state index < -0.39 is 5.97 Å². The van der Waals surface area contributed by atoms with Gasteiger partial charge in [0.1, 0.15) is 6.54 Å². The number of carbonyl (C=O) groups is 1. The number of hydrogen-bond donors (Lipinski definition) is 1. The lowest BCUT2D eigenvalue weighted by molar-refractivity contribution is -0.135. The summed E-state index contributed by atoms with van der Waals surface area (Å²) < 4.78 is 2.10. The summed E-state index contributed by atoms with van der Waals surface area (Å²) >= 11 is 0. The fourth-order valence-corrected chi connectivity index (χ4v) is 3.16. The third-order valence-corrected chi connectivity index (χ3v) is 4.14. The van der Waals surface area contributed by atoms with Crippen LogP contribution in [0.25, 0.3) is 0 Å². The fourth-order valence-electron chi connectivity index (χ4n) is 3.16. The van der Waals surface area contributed by atoms with Crippen LogP contribution in [0.15, 0.2) is 43.0 Å². The highest BCUT2D eigenvalue weighted by atomic mass is 16.4. The number of hydrogen-bond acceptors (Lipinski definition) is 3. The van der Waals surface area contributed by atoms with Crippen molar-refractivity contribution >= 4 is 11.7 Å². The Morgan fingerprint density at radius 2 is 2.29 bits per heavy atom. The maximum absolute atomic E-state index is 11.0. The summed E-state index contributed by atoms with van der Waals surface area (Å²) in [5.41, 5.74) is 2.31. The van der Waals surface area contributed by atoms with E-state index in [-0.39, 0.29) is 6.54 Å².